The Hall–Kier alpha value is -2.11. The molecule has 1 aliphatic heterocycles. The number of carbonyl (C=O) groups is 2. The Morgan fingerprint density at radius 3 is 3.00 bits per heavy atom. The van der Waals surface area contributed by atoms with Gasteiger partial charge in [-0.05, 0) is 25.0 Å². The fourth-order valence-electron chi connectivity index (χ4n) is 2.56. The molecule has 1 aromatic rings. The first-order valence-electron chi connectivity index (χ1n) is 6.78. The second-order valence-corrected chi connectivity index (χ2v) is 5.21. The predicted molar refractivity (Wildman–Crippen MR) is 71.4 cm³/mol. The maximum Gasteiger partial charge on any atom is 0.257 e. The van der Waals surface area contributed by atoms with Crippen molar-refractivity contribution >= 4 is 11.8 Å². The highest BCUT2D eigenvalue weighted by Gasteiger charge is 2.39. The van der Waals surface area contributed by atoms with Crippen LogP contribution in [0.2, 0.25) is 0 Å². The number of aromatic nitrogens is 1. The number of nitrogens with one attached hydrogen (secondary N) is 1. The van der Waals surface area contributed by atoms with Crippen LogP contribution in [-0.4, -0.2) is 47.4 Å². The SMILES string of the molecule is COc1ncccc1C(=O)N[C@H]1CC(=O)N(C2CC2)C1. The zero-order valence-corrected chi connectivity index (χ0v) is 11.3. The van der Waals surface area contributed by atoms with Crippen LogP contribution in [-0.2, 0) is 4.79 Å². The molecule has 3 rings (SSSR count). The Labute approximate surface area is 117 Å². The van der Waals surface area contributed by atoms with Gasteiger partial charge in [-0.25, -0.2) is 4.98 Å². The van der Waals surface area contributed by atoms with E-state index in [0.717, 1.165) is 12.8 Å². The summed E-state index contributed by atoms with van der Waals surface area (Å²) in [5, 5.41) is 2.89. The highest BCUT2D eigenvalue weighted by molar-refractivity contribution is 5.97. The number of rotatable bonds is 4. The van der Waals surface area contributed by atoms with E-state index in [4.69, 9.17) is 4.74 Å². The molecule has 20 heavy (non-hydrogen) atoms. The van der Waals surface area contributed by atoms with Crippen molar-refractivity contribution < 1.29 is 14.3 Å². The van der Waals surface area contributed by atoms with Gasteiger partial charge in [0.25, 0.3) is 5.91 Å². The van der Waals surface area contributed by atoms with Gasteiger partial charge in [0.05, 0.1) is 13.2 Å². The van der Waals surface area contributed by atoms with Crippen molar-refractivity contribution in [2.45, 2.75) is 31.3 Å². The Balaban J connectivity index is 1.66. The Morgan fingerprint density at radius 2 is 2.30 bits per heavy atom. The van der Waals surface area contributed by atoms with Crippen molar-refractivity contribution in [3.63, 3.8) is 0 Å². The van der Waals surface area contributed by atoms with Crippen molar-refractivity contribution in [2.24, 2.45) is 0 Å². The second-order valence-electron chi connectivity index (χ2n) is 5.21. The number of carbonyl (C=O) groups excluding carboxylic acids is 2. The normalized spacial score (nSPS) is 21.9. The van der Waals surface area contributed by atoms with Crippen molar-refractivity contribution in [1.82, 2.24) is 15.2 Å². The van der Waals surface area contributed by atoms with E-state index in [-0.39, 0.29) is 17.9 Å². The van der Waals surface area contributed by atoms with Gasteiger partial charge < -0.3 is 15.0 Å². The van der Waals surface area contributed by atoms with Crippen LogP contribution in [0.3, 0.4) is 0 Å². The van der Waals surface area contributed by atoms with E-state index in [0.29, 0.717) is 30.5 Å². The van der Waals surface area contributed by atoms with Gasteiger partial charge in [-0.3, -0.25) is 9.59 Å². The smallest absolute Gasteiger partial charge is 0.257 e. The molecule has 6 nitrogen and oxygen atoms in total. The third-order valence-electron chi connectivity index (χ3n) is 3.69. The molecule has 0 spiro atoms. The van der Waals surface area contributed by atoms with Crippen molar-refractivity contribution in [1.29, 1.82) is 0 Å². The molecule has 0 bridgehead atoms. The largest absolute Gasteiger partial charge is 0.480 e. The van der Waals surface area contributed by atoms with Crippen LogP contribution in [0, 0.1) is 0 Å². The van der Waals surface area contributed by atoms with Crippen LogP contribution in [0.5, 0.6) is 5.88 Å². The number of hydrogen-bond acceptors (Lipinski definition) is 4. The predicted octanol–water partition coefficient (Wildman–Crippen LogP) is 0.583. The second kappa shape index (κ2) is 5.11. The average molecular weight is 275 g/mol. The quantitative estimate of drug-likeness (QED) is 0.872. The molecule has 106 valence electrons. The van der Waals surface area contributed by atoms with Gasteiger partial charge in [-0.2, -0.15) is 0 Å². The zero-order valence-electron chi connectivity index (χ0n) is 11.3. The van der Waals surface area contributed by atoms with E-state index in [1.165, 1.54) is 7.11 Å². The number of ether oxygens (including phenoxy) is 1. The summed E-state index contributed by atoms with van der Waals surface area (Å²) < 4.78 is 5.07. The zero-order chi connectivity index (χ0) is 14.1. The first kappa shape index (κ1) is 12.9. The fourth-order valence-corrected chi connectivity index (χ4v) is 2.56. The van der Waals surface area contributed by atoms with E-state index in [2.05, 4.69) is 10.3 Å². The molecule has 1 aromatic heterocycles. The van der Waals surface area contributed by atoms with E-state index in [1.807, 2.05) is 4.90 Å². The number of nitrogens with zero attached hydrogens (tertiary/aromatic N) is 2. The Bertz CT molecular complexity index is 542. The molecular weight excluding hydrogens is 258 g/mol. The van der Waals surface area contributed by atoms with Gasteiger partial charge in [0, 0.05) is 25.2 Å². The van der Waals surface area contributed by atoms with Gasteiger partial charge in [0.15, 0.2) is 0 Å². The minimum absolute atomic E-state index is 0.125. The number of pyridine rings is 1. The molecule has 0 aromatic carbocycles. The van der Waals surface area contributed by atoms with Gasteiger partial charge >= 0.3 is 0 Å². The minimum atomic E-state index is -0.245. The summed E-state index contributed by atoms with van der Waals surface area (Å²) in [5.74, 6) is 0.190. The van der Waals surface area contributed by atoms with E-state index in [9.17, 15) is 9.59 Å². The molecule has 2 aliphatic rings. The van der Waals surface area contributed by atoms with Crippen LogP contribution >= 0.6 is 0 Å². The summed E-state index contributed by atoms with van der Waals surface area (Å²) in [7, 11) is 1.48. The van der Waals surface area contributed by atoms with Gasteiger partial charge in [0.1, 0.15) is 5.56 Å². The molecule has 1 aliphatic carbocycles. The number of hydrogen-bond donors (Lipinski definition) is 1. The lowest BCUT2D eigenvalue weighted by Gasteiger charge is -2.16. The Morgan fingerprint density at radius 1 is 1.50 bits per heavy atom. The van der Waals surface area contributed by atoms with E-state index < -0.39 is 0 Å². The first-order valence-corrected chi connectivity index (χ1v) is 6.78. The molecule has 1 atom stereocenters. The average Bonchev–Trinajstić information content (AvgIpc) is 3.23. The molecule has 0 unspecified atom stereocenters. The molecule has 2 amide bonds. The maximum absolute atomic E-state index is 12.2. The number of amides is 2. The third-order valence-corrected chi connectivity index (χ3v) is 3.69. The summed E-state index contributed by atoms with van der Waals surface area (Å²) >= 11 is 0. The number of likely N-dealkylation sites (tertiary alicyclic amines) is 1. The fraction of sp³-hybridized carbons (Fsp3) is 0.500. The van der Waals surface area contributed by atoms with Gasteiger partial charge in [-0.15, -0.1) is 0 Å². The standard InChI is InChI=1S/C14H17N3O3/c1-20-14-11(3-2-6-15-14)13(19)16-9-7-12(18)17(8-9)10-4-5-10/h2-3,6,9-10H,4-5,7-8H2,1H3,(H,16,19)/t9-/m0/s1. The highest BCUT2D eigenvalue weighted by atomic mass is 16.5. The lowest BCUT2D eigenvalue weighted by Crippen LogP contribution is -2.37. The van der Waals surface area contributed by atoms with Crippen LogP contribution in [0.1, 0.15) is 29.6 Å². The first-order chi connectivity index (χ1) is 9.69. The summed E-state index contributed by atoms with van der Waals surface area (Å²) in [6, 6.07) is 3.63. The lowest BCUT2D eigenvalue weighted by atomic mass is 10.2. The number of methoxy groups -OCH3 is 1. The molecule has 6 heteroatoms. The molecule has 0 radical (unpaired) electrons. The lowest BCUT2D eigenvalue weighted by molar-refractivity contribution is -0.128. The molecular formula is C14H17N3O3. The summed E-state index contributed by atoms with van der Waals surface area (Å²) in [6.07, 6.45) is 4.13. The minimum Gasteiger partial charge on any atom is -0.480 e. The summed E-state index contributed by atoms with van der Waals surface area (Å²) in [6.45, 7) is 0.609. The topological polar surface area (TPSA) is 71.5 Å². The highest BCUT2D eigenvalue weighted by Crippen LogP contribution is 2.30. The monoisotopic (exact) mass is 275 g/mol. The van der Waals surface area contributed by atoms with Crippen LogP contribution in [0.4, 0.5) is 0 Å². The van der Waals surface area contributed by atoms with Crippen LogP contribution < -0.4 is 10.1 Å². The molecule has 2 heterocycles. The molecule has 2 fully saturated rings. The van der Waals surface area contributed by atoms with Gasteiger partial charge in [-0.1, -0.05) is 0 Å². The van der Waals surface area contributed by atoms with E-state index >= 15 is 0 Å². The molecule has 1 N–H and O–H groups in total. The van der Waals surface area contributed by atoms with E-state index in [1.54, 1.807) is 18.3 Å². The van der Waals surface area contributed by atoms with Crippen molar-refractivity contribution in [3.8, 4) is 5.88 Å². The van der Waals surface area contributed by atoms with Crippen molar-refractivity contribution in [2.75, 3.05) is 13.7 Å². The Kier molecular flexibility index (Phi) is 3.30. The molecule has 1 saturated heterocycles. The third kappa shape index (κ3) is 2.45. The van der Waals surface area contributed by atoms with Crippen molar-refractivity contribution in [3.05, 3.63) is 23.9 Å². The van der Waals surface area contributed by atoms with Gasteiger partial charge in [0.2, 0.25) is 11.8 Å². The van der Waals surface area contributed by atoms with Crippen LogP contribution in [0.15, 0.2) is 18.3 Å². The summed E-state index contributed by atoms with van der Waals surface area (Å²) in [5.41, 5.74) is 0.396. The summed E-state index contributed by atoms with van der Waals surface area (Å²) in [4.78, 5) is 29.9. The van der Waals surface area contributed by atoms with Crippen LogP contribution in [0.25, 0.3) is 0 Å². The molecule has 1 saturated carbocycles. The maximum atomic E-state index is 12.2.